The summed E-state index contributed by atoms with van der Waals surface area (Å²) in [7, 11) is 0. The highest BCUT2D eigenvalue weighted by atomic mass is 127. The summed E-state index contributed by atoms with van der Waals surface area (Å²) in [6.45, 7) is 1.97. The van der Waals surface area contributed by atoms with Gasteiger partial charge in [0, 0.05) is 24.9 Å². The van der Waals surface area contributed by atoms with Crippen molar-refractivity contribution in [2.75, 3.05) is 13.1 Å². The zero-order valence-corrected chi connectivity index (χ0v) is 18.6. The lowest BCUT2D eigenvalue weighted by Gasteiger charge is -2.13. The average Bonchev–Trinajstić information content (AvgIpc) is 3.09. The van der Waals surface area contributed by atoms with Gasteiger partial charge in [0.2, 0.25) is 0 Å². The zero-order chi connectivity index (χ0) is 21.7. The van der Waals surface area contributed by atoms with Crippen molar-refractivity contribution < 1.29 is 30.7 Å². The molecule has 2 N–H and O–H groups in total. The summed E-state index contributed by atoms with van der Waals surface area (Å²) in [6, 6.07) is 2.34. The summed E-state index contributed by atoms with van der Waals surface area (Å²) >= 11 is 0.866. The SMILES string of the molecule is CCNC(=NCc1ccc(F)cc1C(F)(F)F)NCCc1nc(C(F)(F)F)cs1.I. The fraction of sp³-hybridized carbons (Fsp3) is 0.412. The minimum Gasteiger partial charge on any atom is -0.357 e. The smallest absolute Gasteiger partial charge is 0.357 e. The number of nitrogens with one attached hydrogen (secondary N) is 2. The number of benzene rings is 1. The van der Waals surface area contributed by atoms with Gasteiger partial charge in [-0.3, -0.25) is 0 Å². The highest BCUT2D eigenvalue weighted by molar-refractivity contribution is 14.0. The highest BCUT2D eigenvalue weighted by Crippen LogP contribution is 2.33. The number of thiazole rings is 1. The van der Waals surface area contributed by atoms with Crippen LogP contribution in [0.5, 0.6) is 0 Å². The van der Waals surface area contributed by atoms with E-state index in [1.807, 2.05) is 0 Å². The molecule has 4 nitrogen and oxygen atoms in total. The molecule has 13 heteroatoms. The fourth-order valence-electron chi connectivity index (χ4n) is 2.30. The van der Waals surface area contributed by atoms with Crippen LogP contribution in [0, 0.1) is 5.82 Å². The summed E-state index contributed by atoms with van der Waals surface area (Å²) < 4.78 is 90.0. The maximum absolute atomic E-state index is 13.2. The Labute approximate surface area is 189 Å². The van der Waals surface area contributed by atoms with Gasteiger partial charge in [-0.2, -0.15) is 26.3 Å². The summed E-state index contributed by atoms with van der Waals surface area (Å²) in [4.78, 5) is 7.54. The van der Waals surface area contributed by atoms with Gasteiger partial charge in [-0.25, -0.2) is 14.4 Å². The molecule has 1 aromatic carbocycles. The van der Waals surface area contributed by atoms with E-state index in [1.54, 1.807) is 6.92 Å². The first-order chi connectivity index (χ1) is 13.5. The zero-order valence-electron chi connectivity index (χ0n) is 15.5. The van der Waals surface area contributed by atoms with Crippen molar-refractivity contribution in [3.8, 4) is 0 Å². The molecule has 0 radical (unpaired) electrons. The van der Waals surface area contributed by atoms with Crippen molar-refractivity contribution in [3.05, 3.63) is 51.2 Å². The van der Waals surface area contributed by atoms with Gasteiger partial charge in [0.1, 0.15) is 5.82 Å². The van der Waals surface area contributed by atoms with Crippen LogP contribution in [0.4, 0.5) is 30.7 Å². The number of alkyl halides is 6. The predicted molar refractivity (Wildman–Crippen MR) is 110 cm³/mol. The Balaban J connectivity index is 0.00000450. The van der Waals surface area contributed by atoms with Crippen LogP contribution in [0.1, 0.15) is 28.8 Å². The van der Waals surface area contributed by atoms with E-state index in [4.69, 9.17) is 0 Å². The van der Waals surface area contributed by atoms with Crippen LogP contribution < -0.4 is 10.6 Å². The van der Waals surface area contributed by atoms with Crippen molar-refractivity contribution >= 4 is 41.3 Å². The lowest BCUT2D eigenvalue weighted by Crippen LogP contribution is -2.38. The van der Waals surface area contributed by atoms with E-state index in [0.717, 1.165) is 28.8 Å². The van der Waals surface area contributed by atoms with Gasteiger partial charge in [-0.1, -0.05) is 6.07 Å². The quantitative estimate of drug-likeness (QED) is 0.217. The molecule has 0 aliphatic heterocycles. The number of aromatic nitrogens is 1. The molecule has 2 rings (SSSR count). The third-order valence-electron chi connectivity index (χ3n) is 3.60. The monoisotopic (exact) mass is 570 g/mol. The predicted octanol–water partition coefficient (Wildman–Crippen LogP) is 5.24. The maximum Gasteiger partial charge on any atom is 0.434 e. The Morgan fingerprint density at radius 3 is 2.37 bits per heavy atom. The summed E-state index contributed by atoms with van der Waals surface area (Å²) in [5, 5.41) is 6.83. The Kier molecular flexibility index (Phi) is 9.78. The van der Waals surface area contributed by atoms with Crippen molar-refractivity contribution in [3.63, 3.8) is 0 Å². The molecule has 0 saturated heterocycles. The van der Waals surface area contributed by atoms with E-state index in [9.17, 15) is 30.7 Å². The summed E-state index contributed by atoms with van der Waals surface area (Å²) in [5.41, 5.74) is -2.28. The average molecular weight is 570 g/mol. The van der Waals surface area contributed by atoms with Gasteiger partial charge in [-0.05, 0) is 24.6 Å². The summed E-state index contributed by atoms with van der Waals surface area (Å²) in [5.74, 6) is -0.825. The maximum atomic E-state index is 13.2. The molecular weight excluding hydrogens is 552 g/mol. The molecule has 0 aliphatic rings. The molecule has 0 unspecified atom stereocenters. The Morgan fingerprint density at radius 1 is 1.10 bits per heavy atom. The fourth-order valence-corrected chi connectivity index (χ4v) is 3.11. The molecule has 0 saturated carbocycles. The number of halogens is 8. The van der Waals surface area contributed by atoms with Crippen molar-refractivity contribution in [2.45, 2.75) is 32.2 Å². The van der Waals surface area contributed by atoms with E-state index >= 15 is 0 Å². The van der Waals surface area contributed by atoms with Crippen LogP contribution in [0.15, 0.2) is 28.6 Å². The van der Waals surface area contributed by atoms with E-state index in [0.29, 0.717) is 12.6 Å². The molecule has 0 fully saturated rings. The molecular formula is C17H18F7IN4S. The number of guanidine groups is 1. The van der Waals surface area contributed by atoms with Gasteiger partial charge in [-0.15, -0.1) is 35.3 Å². The molecule has 2 aromatic rings. The van der Waals surface area contributed by atoms with E-state index in [2.05, 4.69) is 20.6 Å². The highest BCUT2D eigenvalue weighted by Gasteiger charge is 2.34. The van der Waals surface area contributed by atoms with E-state index in [1.165, 1.54) is 0 Å². The van der Waals surface area contributed by atoms with Crippen LogP contribution in [0.2, 0.25) is 0 Å². The van der Waals surface area contributed by atoms with Crippen molar-refractivity contribution in [1.29, 1.82) is 0 Å². The number of nitrogens with zero attached hydrogens (tertiary/aromatic N) is 2. The first-order valence-corrected chi connectivity index (χ1v) is 9.28. The standard InChI is InChI=1S/C17H17F7N4S.HI/c1-2-25-15(26-6-5-14-28-13(9-29-14)17(22,23)24)27-8-10-3-4-11(18)7-12(10)16(19,20)21;/h3-4,7,9H,2,5-6,8H2,1H3,(H2,25,26,27);1H. The molecule has 0 spiro atoms. The number of hydrogen-bond acceptors (Lipinski definition) is 3. The van der Waals surface area contributed by atoms with Gasteiger partial charge < -0.3 is 10.6 Å². The Morgan fingerprint density at radius 2 is 1.80 bits per heavy atom. The van der Waals surface area contributed by atoms with Gasteiger partial charge in [0.25, 0.3) is 0 Å². The van der Waals surface area contributed by atoms with Crippen LogP contribution in [-0.4, -0.2) is 24.0 Å². The Hall–Kier alpha value is -1.64. The first-order valence-electron chi connectivity index (χ1n) is 8.40. The van der Waals surface area contributed by atoms with Gasteiger partial charge in [0.05, 0.1) is 17.1 Å². The lowest BCUT2D eigenvalue weighted by molar-refractivity contribution is -0.141. The normalized spacial score (nSPS) is 12.5. The number of aliphatic imine (C=N–C) groups is 1. The van der Waals surface area contributed by atoms with Crippen LogP contribution in [0.25, 0.3) is 0 Å². The lowest BCUT2D eigenvalue weighted by atomic mass is 10.1. The van der Waals surface area contributed by atoms with Crippen LogP contribution in [-0.2, 0) is 25.3 Å². The first kappa shape index (κ1) is 26.4. The van der Waals surface area contributed by atoms with Gasteiger partial charge in [0.15, 0.2) is 11.7 Å². The van der Waals surface area contributed by atoms with Crippen LogP contribution in [0.3, 0.4) is 0 Å². The molecule has 168 valence electrons. The number of hydrogen-bond donors (Lipinski definition) is 2. The topological polar surface area (TPSA) is 49.3 Å². The molecule has 0 bridgehead atoms. The molecule has 1 heterocycles. The van der Waals surface area contributed by atoms with E-state index in [-0.39, 0.29) is 60.0 Å². The Bertz CT molecular complexity index is 849. The minimum absolute atomic E-state index is 0. The summed E-state index contributed by atoms with van der Waals surface area (Å²) in [6.07, 6.45) is -9.06. The number of rotatable bonds is 6. The van der Waals surface area contributed by atoms with E-state index < -0.39 is 29.4 Å². The second-order valence-electron chi connectivity index (χ2n) is 5.80. The molecule has 1 aromatic heterocycles. The second kappa shape index (κ2) is 11.1. The second-order valence-corrected chi connectivity index (χ2v) is 6.74. The molecule has 30 heavy (non-hydrogen) atoms. The van der Waals surface area contributed by atoms with Crippen molar-refractivity contribution in [1.82, 2.24) is 15.6 Å². The molecule has 0 aliphatic carbocycles. The largest absolute Gasteiger partial charge is 0.434 e. The van der Waals surface area contributed by atoms with Gasteiger partial charge >= 0.3 is 12.4 Å². The molecule has 0 atom stereocenters. The van der Waals surface area contributed by atoms with Crippen molar-refractivity contribution in [2.24, 2.45) is 4.99 Å². The molecule has 0 amide bonds. The third kappa shape index (κ3) is 7.89. The van der Waals surface area contributed by atoms with Crippen LogP contribution >= 0.6 is 35.3 Å². The third-order valence-corrected chi connectivity index (χ3v) is 4.51. The minimum atomic E-state index is -4.72.